The Morgan fingerprint density at radius 3 is 2.26 bits per heavy atom. The first kappa shape index (κ1) is 33.9. The first-order chi connectivity index (χ1) is 18.4. The van der Waals surface area contributed by atoms with Crippen molar-refractivity contribution in [1.82, 2.24) is 0 Å². The van der Waals surface area contributed by atoms with Crippen LogP contribution in [0.3, 0.4) is 0 Å². The Balaban J connectivity index is 2.55. The number of allylic oxidation sites excluding steroid dienone is 3. The van der Waals surface area contributed by atoms with Gasteiger partial charge < -0.3 is 33.9 Å². The lowest BCUT2D eigenvalue weighted by molar-refractivity contribution is -0.319. The molecule has 0 spiro atoms. The molecule has 39 heavy (non-hydrogen) atoms. The number of methoxy groups -OCH3 is 2. The summed E-state index contributed by atoms with van der Waals surface area (Å²) in [5.74, 6) is -0.0730. The fourth-order valence-corrected chi connectivity index (χ4v) is 5.91. The molecule has 1 saturated heterocycles. The van der Waals surface area contributed by atoms with Gasteiger partial charge in [-0.15, -0.1) is 0 Å². The van der Waals surface area contributed by atoms with Gasteiger partial charge in [0, 0.05) is 33.7 Å². The van der Waals surface area contributed by atoms with Crippen LogP contribution in [0.5, 0.6) is 0 Å². The number of rotatable bonds is 6. The summed E-state index contributed by atoms with van der Waals surface area (Å²) < 4.78 is 30.5. The van der Waals surface area contributed by atoms with E-state index in [9.17, 15) is 15.0 Å². The quantitative estimate of drug-likeness (QED) is 0.457. The van der Waals surface area contributed by atoms with E-state index < -0.39 is 24.1 Å². The number of carbonyl (C=O) groups excluding carboxylic acids is 1. The van der Waals surface area contributed by atoms with E-state index in [-0.39, 0.29) is 73.3 Å². The molecule has 2 heterocycles. The van der Waals surface area contributed by atoms with Crippen LogP contribution in [-0.2, 0) is 28.5 Å². The Morgan fingerprint density at radius 1 is 0.974 bits per heavy atom. The van der Waals surface area contributed by atoms with Crippen molar-refractivity contribution in [2.45, 2.75) is 117 Å². The lowest BCUT2D eigenvalue weighted by Gasteiger charge is -2.48. The predicted molar refractivity (Wildman–Crippen MR) is 151 cm³/mol. The van der Waals surface area contributed by atoms with E-state index in [4.69, 9.17) is 23.7 Å². The molecule has 8 heteroatoms. The van der Waals surface area contributed by atoms with E-state index in [0.29, 0.717) is 12.8 Å². The third kappa shape index (κ3) is 9.10. The van der Waals surface area contributed by atoms with Gasteiger partial charge >= 0.3 is 5.97 Å². The number of esters is 1. The van der Waals surface area contributed by atoms with Gasteiger partial charge in [-0.05, 0) is 49.9 Å². The zero-order valence-electron chi connectivity index (χ0n) is 25.5. The van der Waals surface area contributed by atoms with Gasteiger partial charge in [-0.1, -0.05) is 58.9 Å². The zero-order valence-corrected chi connectivity index (χ0v) is 25.5. The molecule has 1 fully saturated rings. The van der Waals surface area contributed by atoms with Crippen molar-refractivity contribution in [1.29, 1.82) is 0 Å². The topological polar surface area (TPSA) is 104 Å². The molecule has 0 aliphatic carbocycles. The van der Waals surface area contributed by atoms with E-state index in [1.807, 2.05) is 39.0 Å². The van der Waals surface area contributed by atoms with Crippen molar-refractivity contribution in [3.63, 3.8) is 0 Å². The molecule has 226 valence electrons. The van der Waals surface area contributed by atoms with Crippen LogP contribution in [-0.4, -0.2) is 79.4 Å². The smallest absolute Gasteiger partial charge is 0.306 e. The van der Waals surface area contributed by atoms with Crippen LogP contribution >= 0.6 is 0 Å². The predicted octanol–water partition coefficient (Wildman–Crippen LogP) is 4.67. The largest absolute Gasteiger partial charge is 0.462 e. The lowest BCUT2D eigenvalue weighted by atomic mass is 9.75. The zero-order chi connectivity index (χ0) is 29.3. The summed E-state index contributed by atoms with van der Waals surface area (Å²) in [4.78, 5) is 12.9. The number of hydrogen-bond donors (Lipinski definition) is 2. The molecular formula is C31H54O8. The normalized spacial score (nSPS) is 44.9. The van der Waals surface area contributed by atoms with Crippen LogP contribution in [0.2, 0.25) is 0 Å². The summed E-state index contributed by atoms with van der Waals surface area (Å²) in [6.07, 6.45) is 6.15. The summed E-state index contributed by atoms with van der Waals surface area (Å²) in [7, 11) is 3.20. The second kappa shape index (κ2) is 15.6. The first-order valence-corrected chi connectivity index (χ1v) is 14.6. The molecule has 12 atom stereocenters. The second-order valence-corrected chi connectivity index (χ2v) is 12.0. The van der Waals surface area contributed by atoms with Crippen LogP contribution in [0.15, 0.2) is 24.3 Å². The molecule has 0 saturated carbocycles. The molecule has 2 aliphatic heterocycles. The highest BCUT2D eigenvalue weighted by Gasteiger charge is 2.50. The number of aliphatic hydroxyl groups excluding tert-OH is 1. The maximum atomic E-state index is 12.9. The van der Waals surface area contributed by atoms with Crippen molar-refractivity contribution >= 4 is 5.97 Å². The Hall–Kier alpha value is -1.29. The molecule has 0 bridgehead atoms. The molecule has 0 aromatic heterocycles. The molecule has 2 rings (SSSR count). The van der Waals surface area contributed by atoms with Crippen molar-refractivity contribution in [3.8, 4) is 0 Å². The molecule has 0 aromatic rings. The summed E-state index contributed by atoms with van der Waals surface area (Å²) in [6, 6.07) is 0. The standard InChI is InChI=1S/C31H54O8/c1-19-13-11-10-12-14-22(4)37-26(33)17-20(2)27(35-8)29(31(34,15-16-32)18-21(19)3)39-30-28(36-9)24(6)23(5)25(7)38-30/h10-13,19-25,27-30,32,34H,14-18H2,1-9H3/b12-10+,13-11+/t19-,20+,21+,22+,23?,24?,25?,27-,28?,29+,30?,31+/m0/s1. The highest BCUT2D eigenvalue weighted by atomic mass is 16.7. The maximum Gasteiger partial charge on any atom is 0.306 e. The number of cyclic esters (lactones) is 1. The molecule has 8 nitrogen and oxygen atoms in total. The molecule has 2 aliphatic rings. The van der Waals surface area contributed by atoms with Crippen LogP contribution in [0, 0.1) is 29.6 Å². The Kier molecular flexibility index (Phi) is 13.6. The van der Waals surface area contributed by atoms with Gasteiger partial charge in [0.1, 0.15) is 18.3 Å². The van der Waals surface area contributed by atoms with E-state index >= 15 is 0 Å². The third-order valence-electron chi connectivity index (χ3n) is 8.99. The van der Waals surface area contributed by atoms with Gasteiger partial charge in [-0.2, -0.15) is 0 Å². The van der Waals surface area contributed by atoms with Crippen molar-refractivity contribution in [2.24, 2.45) is 29.6 Å². The Labute approximate surface area is 236 Å². The van der Waals surface area contributed by atoms with E-state index in [1.165, 1.54) is 0 Å². The number of ether oxygens (including phenoxy) is 5. The van der Waals surface area contributed by atoms with Gasteiger partial charge in [0.2, 0.25) is 0 Å². The van der Waals surface area contributed by atoms with E-state index in [0.717, 1.165) is 0 Å². The second-order valence-electron chi connectivity index (χ2n) is 12.0. The SMILES string of the molecule is COC1C(O[C@@H]2[C@@H](OC)[C@H](C)CC(=O)O[C@H](C)C/C=C/C=C/[C@H](C)[C@H](C)C[C@]2(O)CCO)OC(C)C(C)C1C. The monoisotopic (exact) mass is 554 g/mol. The van der Waals surface area contributed by atoms with Crippen molar-refractivity contribution < 1.29 is 38.7 Å². The fraction of sp³-hybridized carbons (Fsp3) is 0.839. The summed E-state index contributed by atoms with van der Waals surface area (Å²) >= 11 is 0. The van der Waals surface area contributed by atoms with Gasteiger partial charge in [0.25, 0.3) is 0 Å². The minimum Gasteiger partial charge on any atom is -0.462 e. The molecule has 0 amide bonds. The minimum absolute atomic E-state index is 0.0604. The molecular weight excluding hydrogens is 500 g/mol. The molecule has 0 aromatic carbocycles. The maximum absolute atomic E-state index is 12.9. The molecule has 0 radical (unpaired) electrons. The molecule has 2 N–H and O–H groups in total. The number of carbonyl (C=O) groups is 1. The van der Waals surface area contributed by atoms with Crippen LogP contribution in [0.4, 0.5) is 0 Å². The van der Waals surface area contributed by atoms with Crippen LogP contribution in [0.1, 0.15) is 74.1 Å². The van der Waals surface area contributed by atoms with Crippen LogP contribution < -0.4 is 0 Å². The van der Waals surface area contributed by atoms with Gasteiger partial charge in [-0.3, -0.25) is 4.79 Å². The van der Waals surface area contributed by atoms with Crippen LogP contribution in [0.25, 0.3) is 0 Å². The van der Waals surface area contributed by atoms with Gasteiger partial charge in [-0.25, -0.2) is 0 Å². The highest BCUT2D eigenvalue weighted by molar-refractivity contribution is 5.70. The number of hydrogen-bond acceptors (Lipinski definition) is 8. The number of aliphatic hydroxyl groups is 2. The summed E-state index contributed by atoms with van der Waals surface area (Å²) in [6.45, 7) is 14.0. The highest BCUT2D eigenvalue weighted by Crippen LogP contribution is 2.39. The van der Waals surface area contributed by atoms with Gasteiger partial charge in [0.15, 0.2) is 6.29 Å². The minimum atomic E-state index is -1.47. The van der Waals surface area contributed by atoms with Crippen molar-refractivity contribution in [2.75, 3.05) is 20.8 Å². The Morgan fingerprint density at radius 2 is 1.64 bits per heavy atom. The molecule has 5 unspecified atom stereocenters. The van der Waals surface area contributed by atoms with E-state index in [1.54, 1.807) is 14.2 Å². The lowest BCUT2D eigenvalue weighted by Crippen LogP contribution is -2.59. The van der Waals surface area contributed by atoms with Gasteiger partial charge in [0.05, 0.1) is 24.2 Å². The van der Waals surface area contributed by atoms with Crippen molar-refractivity contribution in [3.05, 3.63) is 24.3 Å². The Bertz CT molecular complexity index is 799. The first-order valence-electron chi connectivity index (χ1n) is 14.6. The average Bonchev–Trinajstić information content (AvgIpc) is 2.86. The fourth-order valence-electron chi connectivity index (χ4n) is 5.91. The van der Waals surface area contributed by atoms with E-state index in [2.05, 4.69) is 33.8 Å². The third-order valence-corrected chi connectivity index (χ3v) is 8.99. The average molecular weight is 555 g/mol. The summed E-state index contributed by atoms with van der Waals surface area (Å²) in [5, 5.41) is 22.4. The summed E-state index contributed by atoms with van der Waals surface area (Å²) in [5.41, 5.74) is -1.47.